The summed E-state index contributed by atoms with van der Waals surface area (Å²) >= 11 is 0. The molecule has 8 nitrogen and oxygen atoms in total. The maximum absolute atomic E-state index is 14.0. The predicted molar refractivity (Wildman–Crippen MR) is 201 cm³/mol. The van der Waals surface area contributed by atoms with Gasteiger partial charge in [0.25, 0.3) is 0 Å². The Bertz CT molecular complexity index is 2430. The van der Waals surface area contributed by atoms with Crippen molar-refractivity contribution in [3.63, 3.8) is 0 Å². The van der Waals surface area contributed by atoms with E-state index >= 15 is 0 Å². The van der Waals surface area contributed by atoms with E-state index in [1.165, 1.54) is 33.6 Å². The Morgan fingerprint density at radius 3 is 1.37 bits per heavy atom. The van der Waals surface area contributed by atoms with E-state index in [9.17, 15) is 9.59 Å². The maximum Gasteiger partial charge on any atom is 0.340 e. The van der Waals surface area contributed by atoms with Crippen LogP contribution in [0.4, 0.5) is 11.4 Å². The van der Waals surface area contributed by atoms with Crippen molar-refractivity contribution in [1.82, 2.24) is 0 Å². The number of aryl methyl sites for hydroxylation is 2. The van der Waals surface area contributed by atoms with Crippen molar-refractivity contribution in [3.05, 3.63) is 140 Å². The molecule has 2 spiro atoms. The first-order valence-electron chi connectivity index (χ1n) is 19.6. The number of rotatable bonds is 0. The van der Waals surface area contributed by atoms with Crippen LogP contribution in [0.2, 0.25) is 0 Å². The molecular weight excluding hydrogens is 677 g/mol. The lowest BCUT2D eigenvalue weighted by atomic mass is 9.71. The average Bonchev–Trinajstić information content (AvgIpc) is 3.67. The van der Waals surface area contributed by atoms with Crippen LogP contribution in [0.15, 0.2) is 72.8 Å². The van der Waals surface area contributed by atoms with Gasteiger partial charge in [0.2, 0.25) is 0 Å². The molecule has 0 radical (unpaired) electrons. The van der Waals surface area contributed by atoms with Gasteiger partial charge in [-0.3, -0.25) is 0 Å². The number of benzene rings is 5. The molecule has 5 aromatic rings. The first-order chi connectivity index (χ1) is 26.5. The summed E-state index contributed by atoms with van der Waals surface area (Å²) in [5, 5.41) is 0. The minimum atomic E-state index is -1.25. The molecule has 13 rings (SSSR count). The molecule has 0 saturated carbocycles. The molecule has 8 heterocycles. The van der Waals surface area contributed by atoms with Crippen LogP contribution < -0.4 is 19.3 Å². The van der Waals surface area contributed by atoms with E-state index in [4.69, 9.17) is 18.9 Å². The van der Waals surface area contributed by atoms with E-state index in [1.54, 1.807) is 0 Å². The summed E-state index contributed by atoms with van der Waals surface area (Å²) in [6.07, 6.45) is 7.90. The number of carbonyl (C=O) groups excluding carboxylic acids is 2. The molecule has 0 saturated heterocycles. The summed E-state index contributed by atoms with van der Waals surface area (Å²) in [5.74, 6) is 1.98. The van der Waals surface area contributed by atoms with Crippen LogP contribution in [0.1, 0.15) is 102 Å². The summed E-state index contributed by atoms with van der Waals surface area (Å²) in [6.45, 7) is 4.11. The molecule has 8 heteroatoms. The molecule has 0 aliphatic carbocycles. The molecule has 0 unspecified atom stereocenters. The molecule has 5 aromatic carbocycles. The lowest BCUT2D eigenvalue weighted by molar-refractivity contribution is 0.0194. The van der Waals surface area contributed by atoms with Gasteiger partial charge >= 0.3 is 11.9 Å². The highest BCUT2D eigenvalue weighted by Gasteiger charge is 2.59. The van der Waals surface area contributed by atoms with E-state index < -0.39 is 11.2 Å². The van der Waals surface area contributed by atoms with Crippen molar-refractivity contribution in [1.29, 1.82) is 0 Å². The first-order valence-corrected chi connectivity index (χ1v) is 19.6. The summed E-state index contributed by atoms with van der Waals surface area (Å²) in [6, 6.07) is 24.1. The standard InChI is InChI=1S/C46H36N2O6/c49-43-27-11-1-3-15-31(27)45(53-43)33-23-38-34(24-37(33)51-41-29-13-7-19-47-17-5-9-25(39(29)47)21-35(41)45)46(32-16-4-2-12-28(32)44(50)54-46)36-22-26-10-6-18-48-20-8-14-30(40(26)48)42(36)52-38/h1-4,11-12,15-16,21-24H,5-10,13-14,17-20H2/t45-,46-/m0/s1. The van der Waals surface area contributed by atoms with Gasteiger partial charge < -0.3 is 28.7 Å². The second kappa shape index (κ2) is 10.1. The second-order valence-corrected chi connectivity index (χ2v) is 16.1. The smallest absolute Gasteiger partial charge is 0.340 e. The Balaban J connectivity index is 1.13. The Morgan fingerprint density at radius 1 is 0.481 bits per heavy atom. The molecule has 0 aromatic heterocycles. The average molecular weight is 713 g/mol. The number of nitrogens with zero attached hydrogens (tertiary/aromatic N) is 2. The van der Waals surface area contributed by atoms with Crippen LogP contribution >= 0.6 is 0 Å². The van der Waals surface area contributed by atoms with Crippen LogP contribution in [0.3, 0.4) is 0 Å². The second-order valence-electron chi connectivity index (χ2n) is 16.1. The summed E-state index contributed by atoms with van der Waals surface area (Å²) in [5.41, 5.74) is 10.9. The normalized spacial score (nSPS) is 24.1. The lowest BCUT2D eigenvalue weighted by Crippen LogP contribution is -2.39. The molecule has 266 valence electrons. The van der Waals surface area contributed by atoms with E-state index in [1.807, 2.05) is 60.7 Å². The quantitative estimate of drug-likeness (QED) is 0.149. The van der Waals surface area contributed by atoms with Crippen molar-refractivity contribution in [2.75, 3.05) is 36.0 Å². The van der Waals surface area contributed by atoms with E-state index in [2.05, 4.69) is 21.9 Å². The third-order valence-electron chi connectivity index (χ3n) is 13.5. The highest BCUT2D eigenvalue weighted by atomic mass is 16.6. The van der Waals surface area contributed by atoms with Crippen molar-refractivity contribution >= 4 is 23.3 Å². The molecule has 0 bridgehead atoms. The van der Waals surface area contributed by atoms with Crippen LogP contribution in [-0.2, 0) is 46.4 Å². The minimum Gasteiger partial charge on any atom is -0.456 e. The zero-order chi connectivity index (χ0) is 35.5. The van der Waals surface area contributed by atoms with Gasteiger partial charge in [0, 0.05) is 70.9 Å². The zero-order valence-corrected chi connectivity index (χ0v) is 29.8. The van der Waals surface area contributed by atoms with Crippen LogP contribution in [-0.4, -0.2) is 38.1 Å². The molecule has 54 heavy (non-hydrogen) atoms. The van der Waals surface area contributed by atoms with Gasteiger partial charge in [-0.2, -0.15) is 0 Å². The SMILES string of the molecule is O=C1O[C@]2(c3cc4c(cc3Oc3c2cc2c5c3CCCN5CCC2)[C@]2(OC(=O)c3ccccc32)c2cc3c5c(c2O4)CCCN5CCC3)c2ccccc21. The van der Waals surface area contributed by atoms with Crippen LogP contribution in [0, 0.1) is 0 Å². The molecule has 0 amide bonds. The van der Waals surface area contributed by atoms with E-state index in [0.717, 1.165) is 111 Å². The van der Waals surface area contributed by atoms with Crippen molar-refractivity contribution in [2.24, 2.45) is 0 Å². The Morgan fingerprint density at radius 2 is 0.907 bits per heavy atom. The van der Waals surface area contributed by atoms with Crippen LogP contribution in [0.25, 0.3) is 0 Å². The van der Waals surface area contributed by atoms with Gasteiger partial charge in [-0.15, -0.1) is 0 Å². The number of hydrogen-bond acceptors (Lipinski definition) is 8. The predicted octanol–water partition coefficient (Wildman–Crippen LogP) is 8.22. The zero-order valence-electron chi connectivity index (χ0n) is 29.8. The number of carbonyl (C=O) groups is 2. The van der Waals surface area contributed by atoms with E-state index in [-0.39, 0.29) is 11.9 Å². The number of esters is 2. The van der Waals surface area contributed by atoms with Gasteiger partial charge in [-0.25, -0.2) is 9.59 Å². The van der Waals surface area contributed by atoms with Gasteiger partial charge in [0.05, 0.1) is 22.3 Å². The summed E-state index contributed by atoms with van der Waals surface area (Å²) < 4.78 is 27.9. The third-order valence-corrected chi connectivity index (χ3v) is 13.5. The van der Waals surface area contributed by atoms with Gasteiger partial charge in [0.1, 0.15) is 23.0 Å². The highest BCUT2D eigenvalue weighted by Crippen LogP contribution is 2.64. The van der Waals surface area contributed by atoms with Crippen LogP contribution in [0.5, 0.6) is 23.0 Å². The van der Waals surface area contributed by atoms with Crippen molar-refractivity contribution in [2.45, 2.75) is 62.6 Å². The van der Waals surface area contributed by atoms with Gasteiger partial charge in [-0.1, -0.05) is 36.4 Å². The fraction of sp³-hybridized carbons (Fsp3) is 0.304. The molecule has 2 atom stereocenters. The molecule has 0 N–H and O–H groups in total. The Labute approximate surface area is 312 Å². The van der Waals surface area contributed by atoms with E-state index in [0.29, 0.717) is 33.8 Å². The molecule has 8 aliphatic heterocycles. The largest absolute Gasteiger partial charge is 0.456 e. The van der Waals surface area contributed by atoms with Gasteiger partial charge in [0.15, 0.2) is 11.2 Å². The summed E-state index contributed by atoms with van der Waals surface area (Å²) in [7, 11) is 0. The summed E-state index contributed by atoms with van der Waals surface area (Å²) in [4.78, 5) is 33.0. The maximum atomic E-state index is 14.0. The fourth-order valence-electron chi connectivity index (χ4n) is 11.4. The van der Waals surface area contributed by atoms with Gasteiger partial charge in [-0.05, 0) is 98.9 Å². The highest BCUT2D eigenvalue weighted by molar-refractivity contribution is 5.99. The number of hydrogen-bond donors (Lipinski definition) is 0. The Kier molecular flexibility index (Phi) is 5.52. The molecular formula is C46H36N2O6. The third kappa shape index (κ3) is 3.42. The molecule has 0 fully saturated rings. The number of anilines is 2. The first kappa shape index (κ1) is 29.7. The monoisotopic (exact) mass is 712 g/mol. The number of ether oxygens (including phenoxy) is 4. The fourth-order valence-corrected chi connectivity index (χ4v) is 11.4. The minimum absolute atomic E-state index is 0.354. The number of fused-ring (bicyclic) bond motifs is 14. The topological polar surface area (TPSA) is 77.5 Å². The van der Waals surface area contributed by atoms with Crippen molar-refractivity contribution < 1.29 is 28.5 Å². The van der Waals surface area contributed by atoms with Crippen molar-refractivity contribution in [3.8, 4) is 23.0 Å². The Hall–Kier alpha value is -5.76. The molecule has 8 aliphatic rings. The lowest BCUT2D eigenvalue weighted by Gasteiger charge is -2.45.